The van der Waals surface area contributed by atoms with E-state index in [2.05, 4.69) is 16.4 Å². The molecular formula is C24H27FN2O. The molecule has 0 aliphatic heterocycles. The predicted molar refractivity (Wildman–Crippen MR) is 110 cm³/mol. The Morgan fingerprint density at radius 3 is 2.79 bits per heavy atom. The van der Waals surface area contributed by atoms with Gasteiger partial charge >= 0.3 is 0 Å². The lowest BCUT2D eigenvalue weighted by Gasteiger charge is -2.28. The molecule has 1 amide bonds. The highest BCUT2D eigenvalue weighted by Crippen LogP contribution is 2.49. The number of halogens is 1. The molecule has 4 heteroatoms. The van der Waals surface area contributed by atoms with Gasteiger partial charge in [0.25, 0.3) is 0 Å². The zero-order chi connectivity index (χ0) is 19.5. The van der Waals surface area contributed by atoms with Crippen LogP contribution in [-0.2, 0) is 4.79 Å². The Morgan fingerprint density at radius 2 is 2.04 bits per heavy atom. The third-order valence-corrected chi connectivity index (χ3v) is 6.50. The van der Waals surface area contributed by atoms with Gasteiger partial charge in [-0.3, -0.25) is 9.78 Å². The second-order valence-corrected chi connectivity index (χ2v) is 8.08. The summed E-state index contributed by atoms with van der Waals surface area (Å²) in [6.07, 6.45) is 12.1. The van der Waals surface area contributed by atoms with E-state index in [1.54, 1.807) is 19.3 Å². The summed E-state index contributed by atoms with van der Waals surface area (Å²) in [5, 5.41) is 2.86. The SMILES string of the molecule is CNC(=O)[C@H]1C[C@H]2CCCC[C@H]2[C@@H]1/C=C/c1ccc(-c2cccc(F)c2)cn1. The fourth-order valence-electron chi connectivity index (χ4n) is 5.11. The maximum atomic E-state index is 13.4. The van der Waals surface area contributed by atoms with E-state index in [1.165, 1.54) is 37.8 Å². The Balaban J connectivity index is 1.52. The molecule has 1 heterocycles. The Hall–Kier alpha value is -2.49. The van der Waals surface area contributed by atoms with Crippen molar-refractivity contribution in [3.63, 3.8) is 0 Å². The number of carbonyl (C=O) groups excluding carboxylic acids is 1. The lowest BCUT2D eigenvalue weighted by atomic mass is 9.77. The largest absolute Gasteiger partial charge is 0.359 e. The molecule has 0 saturated heterocycles. The Kier molecular flexibility index (Phi) is 5.56. The number of hydrogen-bond donors (Lipinski definition) is 1. The van der Waals surface area contributed by atoms with E-state index in [1.807, 2.05) is 24.3 Å². The molecule has 1 aromatic heterocycles. The summed E-state index contributed by atoms with van der Waals surface area (Å²) in [5.74, 6) is 1.56. The van der Waals surface area contributed by atoms with Crippen LogP contribution in [0.4, 0.5) is 4.39 Å². The van der Waals surface area contributed by atoms with Crippen molar-refractivity contribution >= 4 is 12.0 Å². The molecule has 1 aromatic carbocycles. The van der Waals surface area contributed by atoms with Crippen LogP contribution < -0.4 is 5.32 Å². The molecule has 3 nitrogen and oxygen atoms in total. The number of benzene rings is 1. The van der Waals surface area contributed by atoms with Crippen LogP contribution in [0.1, 0.15) is 37.8 Å². The van der Waals surface area contributed by atoms with Gasteiger partial charge in [-0.2, -0.15) is 0 Å². The average Bonchev–Trinajstić information content (AvgIpc) is 3.10. The molecule has 28 heavy (non-hydrogen) atoms. The van der Waals surface area contributed by atoms with Gasteiger partial charge < -0.3 is 5.32 Å². The molecule has 1 N–H and O–H groups in total. The van der Waals surface area contributed by atoms with Gasteiger partial charge in [-0.05, 0) is 60.4 Å². The standard InChI is InChI=1S/C24H27FN2O/c1-26-24(28)23-14-17-5-2-3-8-21(17)22(23)12-11-20-10-9-18(15-27-20)16-6-4-7-19(25)13-16/h4,6-7,9-13,15,17,21-23H,2-3,5,8,14H2,1H3,(H,26,28)/b12-11+/t17-,21-,22+,23+/m1/s1. The summed E-state index contributed by atoms with van der Waals surface area (Å²) >= 11 is 0. The molecule has 4 atom stereocenters. The predicted octanol–water partition coefficient (Wildman–Crippen LogP) is 5.09. The van der Waals surface area contributed by atoms with Crippen LogP contribution in [-0.4, -0.2) is 17.9 Å². The monoisotopic (exact) mass is 378 g/mol. The van der Waals surface area contributed by atoms with Crippen molar-refractivity contribution in [1.82, 2.24) is 10.3 Å². The van der Waals surface area contributed by atoms with Crippen LogP contribution in [0.2, 0.25) is 0 Å². The van der Waals surface area contributed by atoms with Gasteiger partial charge in [0.2, 0.25) is 5.91 Å². The summed E-state index contributed by atoms with van der Waals surface area (Å²) < 4.78 is 13.4. The smallest absolute Gasteiger partial charge is 0.223 e. The van der Waals surface area contributed by atoms with E-state index >= 15 is 0 Å². The highest BCUT2D eigenvalue weighted by atomic mass is 19.1. The van der Waals surface area contributed by atoms with Gasteiger partial charge in [0.1, 0.15) is 5.82 Å². The highest BCUT2D eigenvalue weighted by molar-refractivity contribution is 5.79. The average molecular weight is 378 g/mol. The zero-order valence-electron chi connectivity index (χ0n) is 16.3. The van der Waals surface area contributed by atoms with Gasteiger partial charge in [0, 0.05) is 24.7 Å². The van der Waals surface area contributed by atoms with Gasteiger partial charge in [0.15, 0.2) is 0 Å². The molecule has 0 spiro atoms. The third kappa shape index (κ3) is 3.87. The van der Waals surface area contributed by atoms with E-state index in [9.17, 15) is 9.18 Å². The van der Waals surface area contributed by atoms with E-state index in [-0.39, 0.29) is 23.6 Å². The molecular weight excluding hydrogens is 351 g/mol. The number of nitrogens with zero attached hydrogens (tertiary/aromatic N) is 1. The summed E-state index contributed by atoms with van der Waals surface area (Å²) in [5.41, 5.74) is 2.59. The lowest BCUT2D eigenvalue weighted by molar-refractivity contribution is -0.125. The maximum Gasteiger partial charge on any atom is 0.223 e. The van der Waals surface area contributed by atoms with Crippen LogP contribution >= 0.6 is 0 Å². The molecule has 0 bridgehead atoms. The van der Waals surface area contributed by atoms with Crippen molar-refractivity contribution in [2.75, 3.05) is 7.05 Å². The number of fused-ring (bicyclic) bond motifs is 1. The summed E-state index contributed by atoms with van der Waals surface area (Å²) in [4.78, 5) is 16.9. The van der Waals surface area contributed by atoms with Crippen LogP contribution in [0, 0.1) is 29.5 Å². The number of allylic oxidation sites excluding steroid dienone is 1. The molecule has 2 saturated carbocycles. The Morgan fingerprint density at radius 1 is 1.18 bits per heavy atom. The number of aromatic nitrogens is 1. The normalized spacial score (nSPS) is 26.9. The van der Waals surface area contributed by atoms with Crippen molar-refractivity contribution in [2.45, 2.75) is 32.1 Å². The quantitative estimate of drug-likeness (QED) is 0.805. The summed E-state index contributed by atoms with van der Waals surface area (Å²) in [6, 6.07) is 10.5. The van der Waals surface area contributed by atoms with Gasteiger partial charge in [-0.25, -0.2) is 4.39 Å². The minimum absolute atomic E-state index is 0.0703. The van der Waals surface area contributed by atoms with E-state index in [0.29, 0.717) is 11.8 Å². The number of rotatable bonds is 4. The first-order valence-electron chi connectivity index (χ1n) is 10.3. The number of nitrogens with one attached hydrogen (secondary N) is 1. The molecule has 2 aliphatic rings. The van der Waals surface area contributed by atoms with E-state index in [4.69, 9.17) is 0 Å². The number of amides is 1. The fraction of sp³-hybridized carbons (Fsp3) is 0.417. The number of pyridine rings is 1. The first-order chi connectivity index (χ1) is 13.7. The summed E-state index contributed by atoms with van der Waals surface area (Å²) in [7, 11) is 1.73. The number of hydrogen-bond acceptors (Lipinski definition) is 2. The first kappa shape index (κ1) is 18.9. The molecule has 4 rings (SSSR count). The molecule has 2 fully saturated rings. The molecule has 2 aromatic rings. The summed E-state index contributed by atoms with van der Waals surface area (Å²) in [6.45, 7) is 0. The van der Waals surface area contributed by atoms with Crippen molar-refractivity contribution in [3.05, 3.63) is 60.2 Å². The minimum Gasteiger partial charge on any atom is -0.359 e. The minimum atomic E-state index is -0.245. The lowest BCUT2D eigenvalue weighted by Crippen LogP contribution is -2.30. The van der Waals surface area contributed by atoms with Gasteiger partial charge in [-0.1, -0.05) is 43.5 Å². The van der Waals surface area contributed by atoms with Crippen LogP contribution in [0.3, 0.4) is 0 Å². The molecule has 0 radical (unpaired) electrons. The molecule has 2 aliphatic carbocycles. The zero-order valence-corrected chi connectivity index (χ0v) is 16.3. The topological polar surface area (TPSA) is 42.0 Å². The van der Waals surface area contributed by atoms with E-state index in [0.717, 1.165) is 23.2 Å². The van der Waals surface area contributed by atoms with Crippen molar-refractivity contribution in [2.24, 2.45) is 23.7 Å². The Bertz CT molecular complexity index is 861. The van der Waals surface area contributed by atoms with Crippen LogP contribution in [0.5, 0.6) is 0 Å². The molecule has 0 unspecified atom stereocenters. The van der Waals surface area contributed by atoms with Crippen LogP contribution in [0.25, 0.3) is 17.2 Å². The van der Waals surface area contributed by atoms with Crippen LogP contribution in [0.15, 0.2) is 48.7 Å². The second-order valence-electron chi connectivity index (χ2n) is 8.08. The maximum absolute atomic E-state index is 13.4. The Labute approximate surface area is 166 Å². The van der Waals surface area contributed by atoms with Gasteiger partial charge in [0.05, 0.1) is 5.69 Å². The van der Waals surface area contributed by atoms with Gasteiger partial charge in [-0.15, -0.1) is 0 Å². The van der Waals surface area contributed by atoms with Crippen molar-refractivity contribution in [1.29, 1.82) is 0 Å². The molecule has 146 valence electrons. The first-order valence-corrected chi connectivity index (χ1v) is 10.3. The second kappa shape index (κ2) is 8.26. The van der Waals surface area contributed by atoms with Crippen molar-refractivity contribution in [3.8, 4) is 11.1 Å². The van der Waals surface area contributed by atoms with Crippen molar-refractivity contribution < 1.29 is 9.18 Å². The fourth-order valence-corrected chi connectivity index (χ4v) is 5.11. The third-order valence-electron chi connectivity index (χ3n) is 6.50. The van der Waals surface area contributed by atoms with E-state index < -0.39 is 0 Å². The number of carbonyl (C=O) groups is 1. The highest BCUT2D eigenvalue weighted by Gasteiger charge is 2.45.